The van der Waals surface area contributed by atoms with Gasteiger partial charge in [-0.1, -0.05) is 13.5 Å². The number of hydrogen-bond acceptors (Lipinski definition) is 2. The molecule has 3 nitrogen and oxygen atoms in total. The predicted molar refractivity (Wildman–Crippen MR) is 39.9 cm³/mol. The zero-order valence-corrected chi connectivity index (χ0v) is 5.96. The summed E-state index contributed by atoms with van der Waals surface area (Å²) in [6.45, 7) is 5.80. The van der Waals surface area contributed by atoms with Crippen molar-refractivity contribution in [3.63, 3.8) is 0 Å². The topological polar surface area (TPSA) is 41.6 Å². The van der Waals surface area contributed by atoms with E-state index in [4.69, 9.17) is 5.84 Å². The van der Waals surface area contributed by atoms with Crippen molar-refractivity contribution in [2.45, 2.75) is 13.3 Å². The van der Waals surface area contributed by atoms with Crippen LogP contribution in [0.25, 0.3) is 0 Å². The van der Waals surface area contributed by atoms with Crippen LogP contribution in [0.3, 0.4) is 0 Å². The first kappa shape index (κ1) is 8.01. The molecule has 52 valence electrons. The molecule has 0 saturated heterocycles. The van der Waals surface area contributed by atoms with Crippen LogP contribution in [-0.4, -0.2) is 18.3 Å². The van der Waals surface area contributed by atoms with Crippen molar-refractivity contribution in [2.75, 3.05) is 7.05 Å². The van der Waals surface area contributed by atoms with Crippen LogP contribution in [0.1, 0.15) is 13.3 Å². The molecule has 0 fully saturated rings. The molecule has 0 aromatic carbocycles. The number of nitrogens with two attached hydrogens (primary N) is 1. The van der Waals surface area contributed by atoms with Crippen LogP contribution < -0.4 is 5.84 Å². The maximum Gasteiger partial charge on any atom is 0.114 e. The molecule has 0 amide bonds. The van der Waals surface area contributed by atoms with Crippen LogP contribution in [0.4, 0.5) is 0 Å². The van der Waals surface area contributed by atoms with Crippen LogP contribution in [-0.2, 0) is 0 Å². The van der Waals surface area contributed by atoms with Gasteiger partial charge in [-0.2, -0.15) is 5.10 Å². The minimum Gasteiger partial charge on any atom is -0.338 e. The lowest BCUT2D eigenvalue weighted by Crippen LogP contribution is -2.14. The maximum absolute atomic E-state index is 4.91. The zero-order valence-electron chi connectivity index (χ0n) is 5.96. The minimum atomic E-state index is 0.919. The Hall–Kier alpha value is -0.990. The van der Waals surface area contributed by atoms with Crippen LogP contribution in [0.5, 0.6) is 0 Å². The molecule has 0 heterocycles. The Balaban J connectivity index is 3.72. The van der Waals surface area contributed by atoms with E-state index >= 15 is 0 Å². The first-order chi connectivity index (χ1) is 4.22. The summed E-state index contributed by atoms with van der Waals surface area (Å²) in [5, 5.41) is 3.34. The SMILES string of the molecule is C=C(CC)N(C)/C=N\N. The van der Waals surface area contributed by atoms with Gasteiger partial charge in [0.1, 0.15) is 6.34 Å². The smallest absolute Gasteiger partial charge is 0.114 e. The molecule has 0 saturated carbocycles. The molecule has 0 atom stereocenters. The molecule has 2 N–H and O–H groups in total. The van der Waals surface area contributed by atoms with Crippen LogP contribution in [0.15, 0.2) is 17.4 Å². The van der Waals surface area contributed by atoms with E-state index in [2.05, 4.69) is 11.7 Å². The van der Waals surface area contributed by atoms with E-state index in [1.807, 2.05) is 14.0 Å². The van der Waals surface area contributed by atoms with E-state index in [1.54, 1.807) is 4.90 Å². The molecule has 0 aromatic rings. The summed E-state index contributed by atoms with van der Waals surface area (Å²) in [4.78, 5) is 1.79. The normalized spacial score (nSPS) is 10.0. The van der Waals surface area contributed by atoms with Crippen molar-refractivity contribution < 1.29 is 0 Å². The largest absolute Gasteiger partial charge is 0.338 e. The fourth-order valence-corrected chi connectivity index (χ4v) is 0.431. The molecule has 0 rings (SSSR count). The molecular weight excluding hydrogens is 114 g/mol. The zero-order chi connectivity index (χ0) is 7.28. The van der Waals surface area contributed by atoms with Gasteiger partial charge in [-0.3, -0.25) is 0 Å². The van der Waals surface area contributed by atoms with Gasteiger partial charge in [0.05, 0.1) is 0 Å². The predicted octanol–water partition coefficient (Wildman–Crippen LogP) is 0.744. The van der Waals surface area contributed by atoms with Gasteiger partial charge in [0.25, 0.3) is 0 Å². The van der Waals surface area contributed by atoms with Crippen molar-refractivity contribution in [1.29, 1.82) is 0 Å². The standard InChI is InChI=1S/C6H13N3/c1-4-6(2)9(3)5-8-7/h5H,2,4,7H2,1,3H3/b8-5-. The molecule has 0 aliphatic rings. The van der Waals surface area contributed by atoms with E-state index in [-0.39, 0.29) is 0 Å². The van der Waals surface area contributed by atoms with Gasteiger partial charge >= 0.3 is 0 Å². The first-order valence-corrected chi connectivity index (χ1v) is 2.86. The fourth-order valence-electron chi connectivity index (χ4n) is 0.431. The molecule has 0 unspecified atom stereocenters. The molecule has 0 aliphatic carbocycles. The Morgan fingerprint density at radius 1 is 1.89 bits per heavy atom. The molecule has 0 aromatic heterocycles. The molecule has 0 aliphatic heterocycles. The van der Waals surface area contributed by atoms with E-state index in [0.717, 1.165) is 12.1 Å². The van der Waals surface area contributed by atoms with Gasteiger partial charge in [-0.25, -0.2) is 0 Å². The van der Waals surface area contributed by atoms with Crippen LogP contribution in [0.2, 0.25) is 0 Å². The lowest BCUT2D eigenvalue weighted by Gasteiger charge is -2.12. The van der Waals surface area contributed by atoms with E-state index < -0.39 is 0 Å². The fraction of sp³-hybridized carbons (Fsp3) is 0.500. The van der Waals surface area contributed by atoms with Gasteiger partial charge in [-0.15, -0.1) is 0 Å². The summed E-state index contributed by atoms with van der Waals surface area (Å²) in [6.07, 6.45) is 2.45. The molecule has 9 heavy (non-hydrogen) atoms. The molecular formula is C6H13N3. The number of allylic oxidation sites excluding steroid dienone is 1. The molecule has 0 bridgehead atoms. The minimum absolute atomic E-state index is 0.919. The Kier molecular flexibility index (Phi) is 3.51. The van der Waals surface area contributed by atoms with E-state index in [9.17, 15) is 0 Å². The quantitative estimate of drug-likeness (QED) is 0.263. The number of nitrogens with zero attached hydrogens (tertiary/aromatic N) is 2. The van der Waals surface area contributed by atoms with Gasteiger partial charge in [0, 0.05) is 12.7 Å². The molecule has 3 heteroatoms. The summed E-state index contributed by atoms with van der Waals surface area (Å²) in [6, 6.07) is 0. The number of hydrazone groups is 1. The second kappa shape index (κ2) is 3.95. The third-order valence-corrected chi connectivity index (χ3v) is 1.15. The second-order valence-corrected chi connectivity index (χ2v) is 1.80. The Labute approximate surface area is 55.8 Å². The van der Waals surface area contributed by atoms with E-state index in [0.29, 0.717) is 0 Å². The summed E-state index contributed by atoms with van der Waals surface area (Å²) in [5.74, 6) is 4.91. The van der Waals surface area contributed by atoms with Crippen molar-refractivity contribution in [1.82, 2.24) is 4.90 Å². The highest BCUT2D eigenvalue weighted by Gasteiger charge is 1.92. The maximum atomic E-state index is 4.91. The molecule has 0 spiro atoms. The monoisotopic (exact) mass is 127 g/mol. The summed E-state index contributed by atoms with van der Waals surface area (Å²) < 4.78 is 0. The van der Waals surface area contributed by atoms with Gasteiger partial charge in [-0.05, 0) is 6.42 Å². The highest BCUT2D eigenvalue weighted by atomic mass is 15.2. The van der Waals surface area contributed by atoms with E-state index in [1.165, 1.54) is 6.34 Å². The van der Waals surface area contributed by atoms with Gasteiger partial charge in [0.2, 0.25) is 0 Å². The number of rotatable bonds is 3. The summed E-state index contributed by atoms with van der Waals surface area (Å²) >= 11 is 0. The number of hydrogen-bond donors (Lipinski definition) is 1. The van der Waals surface area contributed by atoms with Crippen LogP contribution >= 0.6 is 0 Å². The Morgan fingerprint density at radius 2 is 2.44 bits per heavy atom. The van der Waals surface area contributed by atoms with Crippen molar-refractivity contribution in [2.24, 2.45) is 10.9 Å². The third-order valence-electron chi connectivity index (χ3n) is 1.15. The van der Waals surface area contributed by atoms with Crippen molar-refractivity contribution >= 4 is 6.34 Å². The highest BCUT2D eigenvalue weighted by molar-refractivity contribution is 5.56. The third kappa shape index (κ3) is 2.74. The average molecular weight is 127 g/mol. The summed E-state index contributed by atoms with van der Waals surface area (Å²) in [5.41, 5.74) is 1.00. The first-order valence-electron chi connectivity index (χ1n) is 2.86. The van der Waals surface area contributed by atoms with Gasteiger partial charge < -0.3 is 10.7 Å². The van der Waals surface area contributed by atoms with Crippen molar-refractivity contribution in [3.05, 3.63) is 12.3 Å². The Bertz CT molecular complexity index is 117. The lowest BCUT2D eigenvalue weighted by atomic mass is 10.4. The Morgan fingerprint density at radius 3 is 2.78 bits per heavy atom. The van der Waals surface area contributed by atoms with Gasteiger partial charge in [0.15, 0.2) is 0 Å². The highest BCUT2D eigenvalue weighted by Crippen LogP contribution is 1.98. The lowest BCUT2D eigenvalue weighted by molar-refractivity contribution is 0.617. The summed E-state index contributed by atoms with van der Waals surface area (Å²) in [7, 11) is 1.86. The second-order valence-electron chi connectivity index (χ2n) is 1.80. The average Bonchev–Trinajstić information content (AvgIpc) is 1.87. The van der Waals surface area contributed by atoms with Crippen LogP contribution in [0, 0.1) is 0 Å². The molecule has 0 radical (unpaired) electrons. The van der Waals surface area contributed by atoms with Crippen molar-refractivity contribution in [3.8, 4) is 0 Å².